The third-order valence-corrected chi connectivity index (χ3v) is 4.72. The summed E-state index contributed by atoms with van der Waals surface area (Å²) in [6, 6.07) is 9.95. The summed E-state index contributed by atoms with van der Waals surface area (Å²) < 4.78 is 1.69. The van der Waals surface area contributed by atoms with Gasteiger partial charge in [-0.3, -0.25) is 4.79 Å². The number of hydrogen-bond donors (Lipinski definition) is 2. The number of nitrogens with one attached hydrogen (secondary N) is 1. The van der Waals surface area contributed by atoms with Crippen LogP contribution < -0.4 is 16.6 Å². The van der Waals surface area contributed by atoms with E-state index < -0.39 is 0 Å². The lowest BCUT2D eigenvalue weighted by molar-refractivity contribution is 0.462. The topological polar surface area (TPSA) is 60.0 Å². The molecule has 1 aliphatic rings. The number of aryl methyl sites for hydroxylation is 1. The Morgan fingerprint density at radius 2 is 2.05 bits per heavy atom. The van der Waals surface area contributed by atoms with Crippen molar-refractivity contribution in [1.82, 2.24) is 4.57 Å². The molecule has 4 heteroatoms. The standard InChI is InChI=1S/C17H23N3O/c1-20-16-9-5-4-8-13(16)14(10-17(20)21)19-15(11-18)12-6-2-3-7-12/h4-5,8-10,12,15,19H,2-3,6-7,11,18H2,1H3. The van der Waals surface area contributed by atoms with Crippen molar-refractivity contribution in [3.63, 3.8) is 0 Å². The molecule has 1 atom stereocenters. The molecular formula is C17H23N3O. The van der Waals surface area contributed by atoms with E-state index in [-0.39, 0.29) is 11.6 Å². The van der Waals surface area contributed by atoms with Crippen LogP contribution in [0.3, 0.4) is 0 Å². The van der Waals surface area contributed by atoms with Gasteiger partial charge in [-0.05, 0) is 24.8 Å². The molecule has 3 rings (SSSR count). The SMILES string of the molecule is Cn1c(=O)cc(NC(CN)C2CCCC2)c2ccccc21. The molecule has 1 aromatic heterocycles. The zero-order valence-electron chi connectivity index (χ0n) is 12.5. The molecule has 112 valence electrons. The third-order valence-electron chi connectivity index (χ3n) is 4.72. The zero-order chi connectivity index (χ0) is 14.8. The number of aromatic nitrogens is 1. The Hall–Kier alpha value is -1.81. The van der Waals surface area contributed by atoms with Crippen LogP contribution in [0.15, 0.2) is 35.1 Å². The Kier molecular flexibility index (Phi) is 3.97. The normalized spacial score (nSPS) is 17.2. The van der Waals surface area contributed by atoms with Gasteiger partial charge in [-0.25, -0.2) is 0 Å². The Balaban J connectivity index is 1.99. The molecule has 0 radical (unpaired) electrons. The third kappa shape index (κ3) is 2.68. The van der Waals surface area contributed by atoms with E-state index in [0.29, 0.717) is 12.5 Å². The van der Waals surface area contributed by atoms with Gasteiger partial charge < -0.3 is 15.6 Å². The highest BCUT2D eigenvalue weighted by molar-refractivity contribution is 5.91. The molecule has 1 unspecified atom stereocenters. The second kappa shape index (κ2) is 5.90. The van der Waals surface area contributed by atoms with E-state index in [1.54, 1.807) is 10.6 Å². The van der Waals surface area contributed by atoms with Crippen molar-refractivity contribution in [1.29, 1.82) is 0 Å². The number of para-hydroxylation sites is 1. The number of hydrogen-bond acceptors (Lipinski definition) is 3. The predicted octanol–water partition coefficient (Wildman–Crippen LogP) is 2.47. The summed E-state index contributed by atoms with van der Waals surface area (Å²) in [5, 5.41) is 4.62. The van der Waals surface area contributed by atoms with E-state index in [2.05, 4.69) is 11.4 Å². The largest absolute Gasteiger partial charge is 0.380 e. The number of benzene rings is 1. The van der Waals surface area contributed by atoms with E-state index >= 15 is 0 Å². The van der Waals surface area contributed by atoms with Crippen LogP contribution >= 0.6 is 0 Å². The first-order valence-corrected chi connectivity index (χ1v) is 7.76. The second-order valence-electron chi connectivity index (χ2n) is 6.00. The fourth-order valence-electron chi connectivity index (χ4n) is 3.46. The van der Waals surface area contributed by atoms with Crippen LogP contribution in [-0.4, -0.2) is 17.2 Å². The molecule has 21 heavy (non-hydrogen) atoms. The van der Waals surface area contributed by atoms with Crippen LogP contribution in [0.25, 0.3) is 10.9 Å². The number of rotatable bonds is 4. The first kappa shape index (κ1) is 14.1. The van der Waals surface area contributed by atoms with Crippen LogP contribution in [0.5, 0.6) is 0 Å². The van der Waals surface area contributed by atoms with Crippen LogP contribution in [-0.2, 0) is 7.05 Å². The van der Waals surface area contributed by atoms with E-state index in [9.17, 15) is 4.79 Å². The molecule has 0 amide bonds. The number of pyridine rings is 1. The minimum atomic E-state index is 0.0124. The van der Waals surface area contributed by atoms with E-state index in [1.807, 2.05) is 25.2 Å². The van der Waals surface area contributed by atoms with Crippen molar-refractivity contribution in [3.8, 4) is 0 Å². The number of nitrogens with two attached hydrogens (primary N) is 1. The number of anilines is 1. The molecule has 2 aromatic rings. The van der Waals surface area contributed by atoms with Crippen molar-refractivity contribution in [2.24, 2.45) is 18.7 Å². The summed E-state index contributed by atoms with van der Waals surface area (Å²) in [7, 11) is 1.81. The summed E-state index contributed by atoms with van der Waals surface area (Å²) in [6.45, 7) is 0.605. The van der Waals surface area contributed by atoms with Gasteiger partial charge in [0.15, 0.2) is 0 Å². The average molecular weight is 285 g/mol. The minimum Gasteiger partial charge on any atom is -0.380 e. The lowest BCUT2D eigenvalue weighted by atomic mass is 9.97. The van der Waals surface area contributed by atoms with Crippen LogP contribution in [0.2, 0.25) is 0 Å². The zero-order valence-corrected chi connectivity index (χ0v) is 12.5. The van der Waals surface area contributed by atoms with Gasteiger partial charge in [-0.15, -0.1) is 0 Å². The van der Waals surface area contributed by atoms with Crippen molar-refractivity contribution in [2.45, 2.75) is 31.7 Å². The lowest BCUT2D eigenvalue weighted by Gasteiger charge is -2.25. The van der Waals surface area contributed by atoms with E-state index in [4.69, 9.17) is 5.73 Å². The molecule has 3 N–H and O–H groups in total. The first-order chi connectivity index (χ1) is 10.2. The predicted molar refractivity (Wildman–Crippen MR) is 87.6 cm³/mol. The number of fused-ring (bicyclic) bond motifs is 1. The quantitative estimate of drug-likeness (QED) is 0.907. The minimum absolute atomic E-state index is 0.0124. The summed E-state index contributed by atoms with van der Waals surface area (Å²) >= 11 is 0. The maximum absolute atomic E-state index is 12.1. The van der Waals surface area contributed by atoms with Crippen LogP contribution in [0, 0.1) is 5.92 Å². The van der Waals surface area contributed by atoms with Gasteiger partial charge in [-0.2, -0.15) is 0 Å². The smallest absolute Gasteiger partial charge is 0.252 e. The van der Waals surface area contributed by atoms with Gasteiger partial charge in [0.2, 0.25) is 0 Å². The maximum atomic E-state index is 12.1. The summed E-state index contributed by atoms with van der Waals surface area (Å²) in [4.78, 5) is 12.1. The van der Waals surface area contributed by atoms with Gasteiger partial charge >= 0.3 is 0 Å². The average Bonchev–Trinajstić information content (AvgIpc) is 3.03. The molecule has 1 aliphatic carbocycles. The molecular weight excluding hydrogens is 262 g/mol. The molecule has 1 aromatic carbocycles. The summed E-state index contributed by atoms with van der Waals surface area (Å²) in [5.74, 6) is 0.623. The van der Waals surface area contributed by atoms with Crippen LogP contribution in [0.1, 0.15) is 25.7 Å². The maximum Gasteiger partial charge on any atom is 0.252 e. The fraction of sp³-hybridized carbons (Fsp3) is 0.471. The Bertz CT molecular complexity index is 686. The fourth-order valence-corrected chi connectivity index (χ4v) is 3.46. The van der Waals surface area contributed by atoms with Crippen molar-refractivity contribution in [3.05, 3.63) is 40.7 Å². The highest BCUT2D eigenvalue weighted by Crippen LogP contribution is 2.30. The summed E-state index contributed by atoms with van der Waals surface area (Å²) in [5.41, 5.74) is 7.85. The monoisotopic (exact) mass is 285 g/mol. The molecule has 1 saturated carbocycles. The molecule has 0 bridgehead atoms. The van der Waals surface area contributed by atoms with Crippen molar-refractivity contribution >= 4 is 16.6 Å². The Morgan fingerprint density at radius 1 is 1.33 bits per heavy atom. The van der Waals surface area contributed by atoms with E-state index in [0.717, 1.165) is 16.6 Å². The van der Waals surface area contributed by atoms with Gasteiger partial charge in [0.05, 0.1) is 5.52 Å². The van der Waals surface area contributed by atoms with Crippen LogP contribution in [0.4, 0.5) is 5.69 Å². The lowest BCUT2D eigenvalue weighted by Crippen LogP contribution is -2.35. The van der Waals surface area contributed by atoms with E-state index in [1.165, 1.54) is 25.7 Å². The van der Waals surface area contributed by atoms with Gasteiger partial charge in [-0.1, -0.05) is 31.0 Å². The molecule has 0 spiro atoms. The van der Waals surface area contributed by atoms with Crippen molar-refractivity contribution in [2.75, 3.05) is 11.9 Å². The molecule has 4 nitrogen and oxygen atoms in total. The summed E-state index contributed by atoms with van der Waals surface area (Å²) in [6.07, 6.45) is 5.05. The van der Waals surface area contributed by atoms with Crippen molar-refractivity contribution < 1.29 is 0 Å². The van der Waals surface area contributed by atoms with Gasteiger partial charge in [0.25, 0.3) is 5.56 Å². The highest BCUT2D eigenvalue weighted by Gasteiger charge is 2.24. The van der Waals surface area contributed by atoms with Gasteiger partial charge in [0.1, 0.15) is 0 Å². The van der Waals surface area contributed by atoms with Gasteiger partial charge in [0, 0.05) is 36.8 Å². The second-order valence-corrected chi connectivity index (χ2v) is 6.00. The molecule has 0 aliphatic heterocycles. The first-order valence-electron chi connectivity index (χ1n) is 7.76. The molecule has 1 heterocycles. The number of nitrogens with zero attached hydrogens (tertiary/aromatic N) is 1. The highest BCUT2D eigenvalue weighted by atomic mass is 16.1. The Labute approximate surface area is 125 Å². The molecule has 1 fully saturated rings. The Morgan fingerprint density at radius 3 is 2.76 bits per heavy atom. The molecule has 0 saturated heterocycles.